The van der Waals surface area contributed by atoms with Crippen LogP contribution in [0.5, 0.6) is 0 Å². The summed E-state index contributed by atoms with van der Waals surface area (Å²) in [5, 5.41) is 0. The zero-order valence-corrected chi connectivity index (χ0v) is 17.2. The molecule has 27 heavy (non-hydrogen) atoms. The fraction of sp³-hybridized carbons (Fsp3) is 0.895. The van der Waals surface area contributed by atoms with Crippen molar-refractivity contribution in [1.82, 2.24) is 4.90 Å². The first-order chi connectivity index (χ1) is 12.5. The van der Waals surface area contributed by atoms with Crippen molar-refractivity contribution < 1.29 is 33.3 Å². The number of rotatable bonds is 3. The van der Waals surface area contributed by atoms with Crippen LogP contribution in [-0.2, 0) is 28.5 Å². The third kappa shape index (κ3) is 3.16. The van der Waals surface area contributed by atoms with E-state index in [1.165, 1.54) is 14.2 Å². The van der Waals surface area contributed by atoms with Crippen molar-refractivity contribution >= 4 is 12.4 Å². The predicted octanol–water partition coefficient (Wildman–Crippen LogP) is 2.09. The molecule has 154 valence electrons. The molecule has 1 aliphatic carbocycles. The monoisotopic (exact) mass is 385 g/mol. The van der Waals surface area contributed by atoms with Crippen molar-refractivity contribution in [2.24, 2.45) is 5.92 Å². The van der Waals surface area contributed by atoms with E-state index in [-0.39, 0.29) is 6.54 Å². The Morgan fingerprint density at radius 1 is 1.11 bits per heavy atom. The molecule has 2 saturated heterocycles. The summed E-state index contributed by atoms with van der Waals surface area (Å²) in [6, 6.07) is 0. The van der Waals surface area contributed by atoms with E-state index in [0.29, 0.717) is 0 Å². The van der Waals surface area contributed by atoms with Gasteiger partial charge in [0.1, 0.15) is 24.1 Å². The molecule has 3 rings (SSSR count). The van der Waals surface area contributed by atoms with Crippen LogP contribution in [-0.4, -0.2) is 73.0 Å². The molecule has 3 aliphatic rings. The highest BCUT2D eigenvalue weighted by atomic mass is 16.8. The Labute approximate surface area is 160 Å². The first kappa shape index (κ1) is 20.5. The summed E-state index contributed by atoms with van der Waals surface area (Å²) in [6.45, 7) is 9.18. The molecule has 1 spiro atoms. The number of likely N-dealkylation sites (tertiary alicyclic amines) is 1. The quantitative estimate of drug-likeness (QED) is 0.688. The summed E-state index contributed by atoms with van der Waals surface area (Å²) >= 11 is 0. The van der Waals surface area contributed by atoms with Gasteiger partial charge in [0.2, 0.25) is 11.6 Å². The molecule has 1 amide bonds. The molecule has 5 atom stereocenters. The van der Waals surface area contributed by atoms with Crippen molar-refractivity contribution in [2.75, 3.05) is 20.8 Å². The highest BCUT2D eigenvalue weighted by Gasteiger charge is 2.68. The number of aldehydes is 1. The zero-order valence-electron chi connectivity index (χ0n) is 17.2. The summed E-state index contributed by atoms with van der Waals surface area (Å²) in [5.41, 5.74) is -1.20. The minimum Gasteiger partial charge on any atom is -0.444 e. The number of carbonyl (C=O) groups is 2. The standard InChI is InChI=1S/C19H31NO7/c1-16(2,3)27-15(22)20-10-13-14(12(11-21)19(20)8-9-19)26-18(5,24-7)17(4,23-6)25-13/h11-14H,8-10H2,1-7H3/t12-,13-,14-,17+,18+/m1/s1. The van der Waals surface area contributed by atoms with E-state index in [2.05, 4.69) is 0 Å². The molecule has 0 aromatic rings. The molecule has 0 unspecified atom stereocenters. The topological polar surface area (TPSA) is 83.5 Å². The summed E-state index contributed by atoms with van der Waals surface area (Å²) in [5.74, 6) is -2.90. The van der Waals surface area contributed by atoms with Gasteiger partial charge in [-0.3, -0.25) is 4.90 Å². The molecule has 0 N–H and O–H groups in total. The van der Waals surface area contributed by atoms with Crippen LogP contribution in [0.2, 0.25) is 0 Å². The number of ether oxygens (including phenoxy) is 5. The average Bonchev–Trinajstić information content (AvgIpc) is 3.35. The van der Waals surface area contributed by atoms with Crippen LogP contribution >= 0.6 is 0 Å². The van der Waals surface area contributed by atoms with Gasteiger partial charge in [-0.2, -0.15) is 0 Å². The highest BCUT2D eigenvalue weighted by Crippen LogP contribution is 2.55. The van der Waals surface area contributed by atoms with Gasteiger partial charge in [-0.15, -0.1) is 0 Å². The van der Waals surface area contributed by atoms with Gasteiger partial charge in [-0.05, 0) is 47.5 Å². The predicted molar refractivity (Wildman–Crippen MR) is 95.0 cm³/mol. The molecule has 1 saturated carbocycles. The van der Waals surface area contributed by atoms with E-state index in [1.807, 2.05) is 20.8 Å². The van der Waals surface area contributed by atoms with E-state index in [0.717, 1.165) is 19.1 Å². The fourth-order valence-electron chi connectivity index (χ4n) is 4.17. The third-order valence-electron chi connectivity index (χ3n) is 6.10. The first-order valence-corrected chi connectivity index (χ1v) is 9.37. The lowest BCUT2D eigenvalue weighted by Gasteiger charge is -2.57. The largest absolute Gasteiger partial charge is 0.444 e. The van der Waals surface area contributed by atoms with E-state index in [9.17, 15) is 9.59 Å². The molecule has 0 radical (unpaired) electrons. The summed E-state index contributed by atoms with van der Waals surface area (Å²) in [6.07, 6.45) is 0.828. The van der Waals surface area contributed by atoms with Crippen molar-refractivity contribution in [3.05, 3.63) is 0 Å². The smallest absolute Gasteiger partial charge is 0.410 e. The molecule has 0 aromatic heterocycles. The van der Waals surface area contributed by atoms with Crippen LogP contribution in [0.25, 0.3) is 0 Å². The van der Waals surface area contributed by atoms with Gasteiger partial charge >= 0.3 is 6.09 Å². The van der Waals surface area contributed by atoms with Crippen molar-refractivity contribution in [1.29, 1.82) is 0 Å². The van der Waals surface area contributed by atoms with Gasteiger partial charge in [0.25, 0.3) is 0 Å². The molecular formula is C19H31NO7. The zero-order chi connectivity index (χ0) is 20.3. The number of carbonyl (C=O) groups excluding carboxylic acids is 2. The number of methoxy groups -OCH3 is 2. The molecule has 2 heterocycles. The van der Waals surface area contributed by atoms with Gasteiger partial charge in [0, 0.05) is 14.2 Å². The van der Waals surface area contributed by atoms with Gasteiger partial charge in [-0.25, -0.2) is 4.79 Å². The number of nitrogens with zero attached hydrogens (tertiary/aromatic N) is 1. The maximum Gasteiger partial charge on any atom is 0.410 e. The van der Waals surface area contributed by atoms with E-state index < -0.39 is 46.9 Å². The van der Waals surface area contributed by atoms with E-state index in [4.69, 9.17) is 23.7 Å². The number of amides is 1. The van der Waals surface area contributed by atoms with Crippen LogP contribution in [0.1, 0.15) is 47.5 Å². The molecule has 8 heteroatoms. The maximum absolute atomic E-state index is 12.9. The normalized spacial score (nSPS) is 40.4. The Morgan fingerprint density at radius 3 is 2.11 bits per heavy atom. The summed E-state index contributed by atoms with van der Waals surface area (Å²) in [7, 11) is 3.02. The van der Waals surface area contributed by atoms with Crippen molar-refractivity contribution in [2.45, 2.75) is 82.4 Å². The Bertz CT molecular complexity index is 614. The molecule has 0 bridgehead atoms. The van der Waals surface area contributed by atoms with Crippen molar-refractivity contribution in [3.8, 4) is 0 Å². The SMILES string of the molecule is CO[C@@]1(C)O[C@@H]2[C@@H](C=O)C3(CC3)N(C(=O)OC(C)(C)C)C[C@H]2O[C@]1(C)OC. The van der Waals surface area contributed by atoms with Gasteiger partial charge in [0.15, 0.2) is 0 Å². The molecular weight excluding hydrogens is 354 g/mol. The molecule has 2 aliphatic heterocycles. The fourth-order valence-corrected chi connectivity index (χ4v) is 4.17. The van der Waals surface area contributed by atoms with Gasteiger partial charge in [0.05, 0.1) is 18.0 Å². The lowest BCUT2D eigenvalue weighted by Crippen LogP contribution is -2.73. The number of hydrogen-bond donors (Lipinski definition) is 0. The van der Waals surface area contributed by atoms with Crippen LogP contribution < -0.4 is 0 Å². The third-order valence-corrected chi connectivity index (χ3v) is 6.10. The van der Waals surface area contributed by atoms with Crippen LogP contribution in [0, 0.1) is 5.92 Å². The second kappa shape index (κ2) is 6.40. The van der Waals surface area contributed by atoms with Crippen molar-refractivity contribution in [3.63, 3.8) is 0 Å². The minimum atomic E-state index is -1.19. The lowest BCUT2D eigenvalue weighted by atomic mass is 9.82. The minimum absolute atomic E-state index is 0.267. The number of piperidine rings is 1. The second-order valence-electron chi connectivity index (χ2n) is 8.89. The summed E-state index contributed by atoms with van der Waals surface area (Å²) in [4.78, 5) is 26.6. The van der Waals surface area contributed by atoms with E-state index >= 15 is 0 Å². The van der Waals surface area contributed by atoms with Gasteiger partial charge < -0.3 is 28.5 Å². The average molecular weight is 385 g/mol. The molecule has 3 fully saturated rings. The second-order valence-corrected chi connectivity index (χ2v) is 8.89. The van der Waals surface area contributed by atoms with Gasteiger partial charge in [-0.1, -0.05) is 0 Å². The Balaban J connectivity index is 1.93. The van der Waals surface area contributed by atoms with Crippen LogP contribution in [0.15, 0.2) is 0 Å². The molecule has 0 aromatic carbocycles. The summed E-state index contributed by atoms with van der Waals surface area (Å²) < 4.78 is 29.2. The Morgan fingerprint density at radius 2 is 1.67 bits per heavy atom. The number of hydrogen-bond acceptors (Lipinski definition) is 7. The van der Waals surface area contributed by atoms with Crippen LogP contribution in [0.4, 0.5) is 4.79 Å². The Kier molecular flexibility index (Phi) is 4.86. The first-order valence-electron chi connectivity index (χ1n) is 9.37. The van der Waals surface area contributed by atoms with E-state index in [1.54, 1.807) is 18.7 Å². The highest BCUT2D eigenvalue weighted by molar-refractivity contribution is 5.73. The van der Waals surface area contributed by atoms with Crippen LogP contribution in [0.3, 0.4) is 0 Å². The Hall–Kier alpha value is -1.22. The molecule has 8 nitrogen and oxygen atoms in total. The lowest BCUT2D eigenvalue weighted by molar-refractivity contribution is -0.456. The maximum atomic E-state index is 12.9. The number of fused-ring (bicyclic) bond motifs is 1.